The maximum atomic E-state index is 12.3. The maximum absolute atomic E-state index is 12.3. The highest BCUT2D eigenvalue weighted by atomic mass is 16.2. The van der Waals surface area contributed by atoms with Gasteiger partial charge in [-0.2, -0.15) is 0 Å². The van der Waals surface area contributed by atoms with Gasteiger partial charge in [-0.25, -0.2) is 0 Å². The summed E-state index contributed by atoms with van der Waals surface area (Å²) in [5.74, 6) is 1.39. The number of hydrogen-bond donors (Lipinski definition) is 0. The van der Waals surface area contributed by atoms with E-state index < -0.39 is 0 Å². The van der Waals surface area contributed by atoms with Gasteiger partial charge in [0.25, 0.3) is 5.56 Å². The fourth-order valence-electron chi connectivity index (χ4n) is 3.69. The summed E-state index contributed by atoms with van der Waals surface area (Å²) in [5, 5.41) is 0. The van der Waals surface area contributed by atoms with Crippen molar-refractivity contribution < 1.29 is 4.79 Å². The van der Waals surface area contributed by atoms with Gasteiger partial charge in [0.05, 0.1) is 0 Å². The second-order valence-electron chi connectivity index (χ2n) is 7.70. The van der Waals surface area contributed by atoms with Gasteiger partial charge in [-0.05, 0) is 37.2 Å². The van der Waals surface area contributed by atoms with Gasteiger partial charge in [0.1, 0.15) is 0 Å². The van der Waals surface area contributed by atoms with Crippen LogP contribution in [0.25, 0.3) is 0 Å². The first-order chi connectivity index (χ1) is 11.7. The molecule has 2 heterocycles. The van der Waals surface area contributed by atoms with Crippen molar-refractivity contribution in [1.29, 1.82) is 0 Å². The van der Waals surface area contributed by atoms with Crippen LogP contribution in [0.15, 0.2) is 23.1 Å². The van der Waals surface area contributed by atoms with E-state index in [2.05, 4.69) is 4.90 Å². The summed E-state index contributed by atoms with van der Waals surface area (Å²) in [4.78, 5) is 28.7. The molecule has 0 unspecified atom stereocenters. The van der Waals surface area contributed by atoms with Gasteiger partial charge >= 0.3 is 0 Å². The first-order valence-corrected chi connectivity index (χ1v) is 9.39. The Morgan fingerprint density at radius 3 is 2.42 bits per heavy atom. The Morgan fingerprint density at radius 1 is 1.04 bits per heavy atom. The predicted molar refractivity (Wildman–Crippen MR) is 92.6 cm³/mol. The zero-order chi connectivity index (χ0) is 16.5. The Hall–Kier alpha value is -1.62. The molecular formula is C19H27N3O2. The minimum atomic E-state index is 0.113. The van der Waals surface area contributed by atoms with Gasteiger partial charge in [-0.3, -0.25) is 14.5 Å². The van der Waals surface area contributed by atoms with Gasteiger partial charge < -0.3 is 9.47 Å². The van der Waals surface area contributed by atoms with Crippen LogP contribution < -0.4 is 5.56 Å². The first-order valence-electron chi connectivity index (χ1n) is 9.39. The molecule has 1 aliphatic heterocycles. The second-order valence-corrected chi connectivity index (χ2v) is 7.70. The van der Waals surface area contributed by atoms with E-state index in [0.717, 1.165) is 52.1 Å². The van der Waals surface area contributed by atoms with Crippen LogP contribution in [0.3, 0.4) is 0 Å². The van der Waals surface area contributed by atoms with Gasteiger partial charge in [0.15, 0.2) is 0 Å². The van der Waals surface area contributed by atoms with E-state index in [4.69, 9.17) is 0 Å². The number of hydrogen-bond acceptors (Lipinski definition) is 3. The lowest BCUT2D eigenvalue weighted by Crippen LogP contribution is -2.50. The molecule has 0 atom stereocenters. The van der Waals surface area contributed by atoms with Crippen molar-refractivity contribution in [3.63, 3.8) is 0 Å². The van der Waals surface area contributed by atoms with Gasteiger partial charge in [-0.1, -0.05) is 12.5 Å². The van der Waals surface area contributed by atoms with Crippen LogP contribution in [0.1, 0.15) is 37.7 Å². The highest BCUT2D eigenvalue weighted by Gasteiger charge is 2.31. The molecule has 2 saturated carbocycles. The van der Waals surface area contributed by atoms with Crippen LogP contribution in [-0.2, 0) is 17.9 Å². The van der Waals surface area contributed by atoms with E-state index in [1.807, 2.05) is 21.7 Å². The fourth-order valence-corrected chi connectivity index (χ4v) is 3.69. The highest BCUT2D eigenvalue weighted by molar-refractivity contribution is 5.79. The van der Waals surface area contributed by atoms with Gasteiger partial charge in [0.2, 0.25) is 5.91 Å². The molecular weight excluding hydrogens is 302 g/mol. The number of amides is 1. The van der Waals surface area contributed by atoms with E-state index in [9.17, 15) is 9.59 Å². The second kappa shape index (κ2) is 6.71. The highest BCUT2D eigenvalue weighted by Crippen LogP contribution is 2.30. The Morgan fingerprint density at radius 2 is 1.79 bits per heavy atom. The molecule has 1 saturated heterocycles. The van der Waals surface area contributed by atoms with E-state index >= 15 is 0 Å². The Bertz CT molecular complexity index is 653. The maximum Gasteiger partial charge on any atom is 0.250 e. The smallest absolute Gasteiger partial charge is 0.250 e. The first kappa shape index (κ1) is 15.9. The lowest BCUT2D eigenvalue weighted by atomic mass is 9.84. The molecule has 1 aromatic rings. The molecule has 2 aliphatic carbocycles. The standard InChI is InChI=1S/C19H27N3O2/c23-18-7-6-16(14-22(18)13-15-4-5-15)12-20-8-10-21(11-9-20)19(24)17-2-1-3-17/h6-7,14-15,17H,1-5,8-13H2. The number of nitrogens with zero attached hydrogens (tertiary/aromatic N) is 3. The SMILES string of the molecule is O=C(C1CCC1)N1CCN(Cc2ccc(=O)n(CC3CC3)c2)CC1. The summed E-state index contributed by atoms with van der Waals surface area (Å²) >= 11 is 0. The molecule has 0 N–H and O–H groups in total. The van der Waals surface area contributed by atoms with E-state index in [0.29, 0.717) is 17.7 Å². The monoisotopic (exact) mass is 329 g/mol. The Kier molecular flexibility index (Phi) is 4.44. The molecule has 5 heteroatoms. The van der Waals surface area contributed by atoms with Crippen molar-refractivity contribution in [1.82, 2.24) is 14.4 Å². The Labute approximate surface area is 143 Å². The third kappa shape index (κ3) is 3.56. The molecule has 1 amide bonds. The summed E-state index contributed by atoms with van der Waals surface area (Å²) in [5.41, 5.74) is 1.32. The van der Waals surface area contributed by atoms with Gasteiger partial charge in [-0.15, -0.1) is 0 Å². The molecule has 4 rings (SSSR count). The minimum Gasteiger partial charge on any atom is -0.340 e. The zero-order valence-electron chi connectivity index (χ0n) is 14.3. The van der Waals surface area contributed by atoms with Crippen LogP contribution in [0.2, 0.25) is 0 Å². The van der Waals surface area contributed by atoms with E-state index in [1.165, 1.54) is 24.8 Å². The predicted octanol–water partition coefficient (Wildman–Crippen LogP) is 1.70. The van der Waals surface area contributed by atoms with E-state index in [-0.39, 0.29) is 5.56 Å². The van der Waals surface area contributed by atoms with Crippen molar-refractivity contribution in [3.05, 3.63) is 34.2 Å². The molecule has 5 nitrogen and oxygen atoms in total. The normalized spacial score (nSPS) is 22.4. The summed E-state index contributed by atoms with van der Waals surface area (Å²) in [6, 6.07) is 3.66. The van der Waals surface area contributed by atoms with Crippen LogP contribution >= 0.6 is 0 Å². The number of carbonyl (C=O) groups is 1. The molecule has 130 valence electrons. The Balaban J connectivity index is 1.31. The quantitative estimate of drug-likeness (QED) is 0.826. The average Bonchev–Trinajstić information content (AvgIpc) is 3.34. The zero-order valence-corrected chi connectivity index (χ0v) is 14.3. The molecule has 0 spiro atoms. The van der Waals surface area contributed by atoms with Crippen molar-refractivity contribution in [2.75, 3.05) is 26.2 Å². The van der Waals surface area contributed by atoms with Crippen molar-refractivity contribution in [2.24, 2.45) is 11.8 Å². The molecule has 0 aromatic carbocycles. The van der Waals surface area contributed by atoms with E-state index in [1.54, 1.807) is 6.07 Å². The van der Waals surface area contributed by atoms with Crippen LogP contribution in [0, 0.1) is 11.8 Å². The van der Waals surface area contributed by atoms with Crippen molar-refractivity contribution in [2.45, 2.75) is 45.2 Å². The van der Waals surface area contributed by atoms with Crippen LogP contribution in [-0.4, -0.2) is 46.5 Å². The summed E-state index contributed by atoms with van der Waals surface area (Å²) in [6.45, 7) is 5.29. The minimum absolute atomic E-state index is 0.113. The number of rotatable bonds is 5. The summed E-state index contributed by atoms with van der Waals surface area (Å²) < 4.78 is 1.88. The van der Waals surface area contributed by atoms with Crippen molar-refractivity contribution in [3.8, 4) is 0 Å². The average molecular weight is 329 g/mol. The lowest BCUT2D eigenvalue weighted by Gasteiger charge is -2.38. The number of aromatic nitrogens is 1. The molecule has 1 aromatic heterocycles. The summed E-state index contributed by atoms with van der Waals surface area (Å²) in [6.07, 6.45) is 7.93. The third-order valence-electron chi connectivity index (χ3n) is 5.74. The van der Waals surface area contributed by atoms with Gasteiger partial charge in [0, 0.05) is 57.4 Å². The number of pyridine rings is 1. The topological polar surface area (TPSA) is 45.6 Å². The molecule has 24 heavy (non-hydrogen) atoms. The molecule has 0 radical (unpaired) electrons. The van der Waals surface area contributed by atoms with Crippen LogP contribution in [0.4, 0.5) is 0 Å². The number of carbonyl (C=O) groups excluding carboxylic acids is 1. The lowest BCUT2D eigenvalue weighted by molar-refractivity contribution is -0.140. The van der Waals surface area contributed by atoms with Crippen LogP contribution in [0.5, 0.6) is 0 Å². The molecule has 0 bridgehead atoms. The fraction of sp³-hybridized carbons (Fsp3) is 0.684. The third-order valence-corrected chi connectivity index (χ3v) is 5.74. The largest absolute Gasteiger partial charge is 0.340 e. The van der Waals surface area contributed by atoms with Crippen molar-refractivity contribution >= 4 is 5.91 Å². The summed E-state index contributed by atoms with van der Waals surface area (Å²) in [7, 11) is 0. The molecule has 3 aliphatic rings. The number of piperazine rings is 1. The molecule has 3 fully saturated rings.